The molecule has 0 bridgehead atoms. The van der Waals surface area contributed by atoms with Gasteiger partial charge in [-0.05, 0) is 29.3 Å². The first-order chi connectivity index (χ1) is 14.5. The smallest absolute Gasteiger partial charge is 0.262 e. The van der Waals surface area contributed by atoms with E-state index in [-0.39, 0.29) is 18.4 Å². The van der Waals surface area contributed by atoms with Crippen LogP contribution >= 0.6 is 0 Å². The summed E-state index contributed by atoms with van der Waals surface area (Å²) in [6.45, 7) is 1.24. The molecule has 6 nitrogen and oxygen atoms in total. The first-order valence-electron chi connectivity index (χ1n) is 9.55. The largest absolute Gasteiger partial charge is 0.497 e. The summed E-state index contributed by atoms with van der Waals surface area (Å²) in [4.78, 5) is 23.9. The van der Waals surface area contributed by atoms with Gasteiger partial charge in [-0.15, -0.1) is 0 Å². The summed E-state index contributed by atoms with van der Waals surface area (Å²) in [6.07, 6.45) is 0.710. The van der Waals surface area contributed by atoms with Crippen LogP contribution in [0.3, 0.4) is 0 Å². The van der Waals surface area contributed by atoms with Gasteiger partial charge < -0.3 is 20.1 Å². The molecule has 0 aromatic heterocycles. The van der Waals surface area contributed by atoms with Gasteiger partial charge in [-0.1, -0.05) is 48.5 Å². The molecule has 3 aromatic carbocycles. The third kappa shape index (κ3) is 5.85. The Labute approximate surface area is 175 Å². The number of para-hydroxylation sites is 1. The zero-order valence-corrected chi connectivity index (χ0v) is 17.0. The van der Waals surface area contributed by atoms with Crippen LogP contribution in [0.1, 0.15) is 18.1 Å². The second-order valence-electron chi connectivity index (χ2n) is 6.70. The fourth-order valence-electron chi connectivity index (χ4n) is 2.99. The van der Waals surface area contributed by atoms with Crippen molar-refractivity contribution in [3.05, 3.63) is 83.9 Å². The van der Waals surface area contributed by atoms with Crippen molar-refractivity contribution in [3.63, 3.8) is 0 Å². The average Bonchev–Trinajstić information content (AvgIpc) is 2.75. The molecule has 0 saturated heterocycles. The van der Waals surface area contributed by atoms with Crippen molar-refractivity contribution < 1.29 is 19.1 Å². The SMILES string of the molecule is COc1ccc(NC(C)=O)c(NC(=O)COc2ccccc2Cc2ccccc2)c1. The van der Waals surface area contributed by atoms with Gasteiger partial charge in [0, 0.05) is 19.4 Å². The fraction of sp³-hybridized carbons (Fsp3) is 0.167. The number of nitrogens with one attached hydrogen (secondary N) is 2. The average molecular weight is 404 g/mol. The number of benzene rings is 3. The predicted molar refractivity (Wildman–Crippen MR) is 117 cm³/mol. The van der Waals surface area contributed by atoms with E-state index in [4.69, 9.17) is 9.47 Å². The second-order valence-corrected chi connectivity index (χ2v) is 6.70. The van der Waals surface area contributed by atoms with Gasteiger partial charge in [0.2, 0.25) is 5.91 Å². The highest BCUT2D eigenvalue weighted by molar-refractivity contribution is 5.99. The molecule has 2 N–H and O–H groups in total. The quantitative estimate of drug-likeness (QED) is 0.588. The zero-order valence-electron chi connectivity index (χ0n) is 17.0. The maximum absolute atomic E-state index is 12.5. The number of hydrogen-bond acceptors (Lipinski definition) is 4. The summed E-state index contributed by atoms with van der Waals surface area (Å²) >= 11 is 0. The van der Waals surface area contributed by atoms with Crippen molar-refractivity contribution in [2.45, 2.75) is 13.3 Å². The Morgan fingerprint density at radius 1 is 0.867 bits per heavy atom. The van der Waals surface area contributed by atoms with Crippen LogP contribution in [0, 0.1) is 0 Å². The minimum atomic E-state index is -0.343. The Bertz CT molecular complexity index is 1020. The Kier molecular flexibility index (Phi) is 7.05. The van der Waals surface area contributed by atoms with Crippen LogP contribution < -0.4 is 20.1 Å². The standard InChI is InChI=1S/C24H24N2O4/c1-17(27)25-21-13-12-20(29-2)15-22(21)26-24(28)16-30-23-11-7-6-10-19(23)14-18-8-4-3-5-9-18/h3-13,15H,14,16H2,1-2H3,(H,25,27)(H,26,28). The van der Waals surface area contributed by atoms with Crippen LogP contribution in [0.5, 0.6) is 11.5 Å². The molecule has 0 aliphatic heterocycles. The fourth-order valence-corrected chi connectivity index (χ4v) is 2.99. The molecule has 0 fully saturated rings. The number of amides is 2. The molecule has 30 heavy (non-hydrogen) atoms. The third-order valence-corrected chi connectivity index (χ3v) is 4.38. The Morgan fingerprint density at radius 2 is 1.60 bits per heavy atom. The van der Waals surface area contributed by atoms with Crippen LogP contribution in [0.4, 0.5) is 11.4 Å². The van der Waals surface area contributed by atoms with Crippen molar-refractivity contribution in [1.82, 2.24) is 0 Å². The minimum absolute atomic E-state index is 0.164. The normalized spacial score (nSPS) is 10.2. The number of ether oxygens (including phenoxy) is 2. The topological polar surface area (TPSA) is 76.7 Å². The van der Waals surface area contributed by atoms with Crippen molar-refractivity contribution in [2.24, 2.45) is 0 Å². The molecule has 154 valence electrons. The lowest BCUT2D eigenvalue weighted by molar-refractivity contribution is -0.118. The summed E-state index contributed by atoms with van der Waals surface area (Å²) in [6, 6.07) is 22.7. The molecular formula is C24H24N2O4. The molecule has 0 aliphatic carbocycles. The summed E-state index contributed by atoms with van der Waals surface area (Å²) < 4.78 is 11.0. The first-order valence-corrected chi connectivity index (χ1v) is 9.55. The van der Waals surface area contributed by atoms with Gasteiger partial charge in [-0.3, -0.25) is 9.59 Å². The molecule has 3 rings (SSSR count). The van der Waals surface area contributed by atoms with E-state index in [1.165, 1.54) is 14.0 Å². The number of carbonyl (C=O) groups excluding carboxylic acids is 2. The summed E-state index contributed by atoms with van der Waals surface area (Å²) in [5.41, 5.74) is 3.09. The summed E-state index contributed by atoms with van der Waals surface area (Å²) in [7, 11) is 1.53. The van der Waals surface area contributed by atoms with Gasteiger partial charge in [0.15, 0.2) is 6.61 Å². The van der Waals surface area contributed by atoms with Gasteiger partial charge in [0.25, 0.3) is 5.91 Å². The lowest BCUT2D eigenvalue weighted by Crippen LogP contribution is -2.21. The molecule has 2 amide bonds. The molecule has 6 heteroatoms. The van der Waals surface area contributed by atoms with Crippen LogP contribution in [-0.4, -0.2) is 25.5 Å². The highest BCUT2D eigenvalue weighted by Gasteiger charge is 2.12. The van der Waals surface area contributed by atoms with Crippen molar-refractivity contribution in [3.8, 4) is 11.5 Å². The molecular weight excluding hydrogens is 380 g/mol. The maximum Gasteiger partial charge on any atom is 0.262 e. The van der Waals surface area contributed by atoms with Gasteiger partial charge in [0.1, 0.15) is 11.5 Å². The molecule has 0 unspecified atom stereocenters. The highest BCUT2D eigenvalue weighted by atomic mass is 16.5. The van der Waals surface area contributed by atoms with Gasteiger partial charge >= 0.3 is 0 Å². The molecule has 0 spiro atoms. The van der Waals surface area contributed by atoms with Gasteiger partial charge in [-0.2, -0.15) is 0 Å². The van der Waals surface area contributed by atoms with Crippen LogP contribution in [0.25, 0.3) is 0 Å². The Morgan fingerprint density at radius 3 is 2.33 bits per heavy atom. The van der Waals surface area contributed by atoms with E-state index in [0.29, 0.717) is 29.3 Å². The predicted octanol–water partition coefficient (Wildman–Crippen LogP) is 4.26. The van der Waals surface area contributed by atoms with Crippen LogP contribution in [-0.2, 0) is 16.0 Å². The van der Waals surface area contributed by atoms with Crippen molar-refractivity contribution >= 4 is 23.2 Å². The molecule has 0 heterocycles. The van der Waals surface area contributed by atoms with E-state index in [0.717, 1.165) is 11.1 Å². The molecule has 0 radical (unpaired) electrons. The Balaban J connectivity index is 1.68. The van der Waals surface area contributed by atoms with E-state index in [9.17, 15) is 9.59 Å². The van der Waals surface area contributed by atoms with E-state index in [2.05, 4.69) is 22.8 Å². The number of rotatable bonds is 8. The van der Waals surface area contributed by atoms with Crippen LogP contribution in [0.2, 0.25) is 0 Å². The van der Waals surface area contributed by atoms with Crippen molar-refractivity contribution in [2.75, 3.05) is 24.4 Å². The summed E-state index contributed by atoms with van der Waals surface area (Å²) in [5.74, 6) is 0.642. The lowest BCUT2D eigenvalue weighted by atomic mass is 10.0. The Hall–Kier alpha value is -3.80. The molecule has 0 saturated carbocycles. The lowest BCUT2D eigenvalue weighted by Gasteiger charge is -2.14. The zero-order chi connectivity index (χ0) is 21.3. The molecule has 0 atom stereocenters. The minimum Gasteiger partial charge on any atom is -0.497 e. The van der Waals surface area contributed by atoms with Crippen LogP contribution in [0.15, 0.2) is 72.8 Å². The van der Waals surface area contributed by atoms with E-state index in [1.54, 1.807) is 18.2 Å². The highest BCUT2D eigenvalue weighted by Crippen LogP contribution is 2.27. The number of carbonyl (C=O) groups is 2. The summed E-state index contributed by atoms with van der Waals surface area (Å²) in [5, 5.41) is 5.46. The third-order valence-electron chi connectivity index (χ3n) is 4.38. The molecule has 3 aromatic rings. The number of methoxy groups -OCH3 is 1. The van der Waals surface area contributed by atoms with Gasteiger partial charge in [-0.25, -0.2) is 0 Å². The monoisotopic (exact) mass is 404 g/mol. The number of hydrogen-bond donors (Lipinski definition) is 2. The van der Waals surface area contributed by atoms with E-state index < -0.39 is 0 Å². The maximum atomic E-state index is 12.5. The van der Waals surface area contributed by atoms with E-state index >= 15 is 0 Å². The number of anilines is 2. The van der Waals surface area contributed by atoms with Gasteiger partial charge in [0.05, 0.1) is 18.5 Å². The first kappa shape index (κ1) is 20.9. The van der Waals surface area contributed by atoms with E-state index in [1.807, 2.05) is 42.5 Å². The second kappa shape index (κ2) is 10.1. The van der Waals surface area contributed by atoms with Crippen molar-refractivity contribution in [1.29, 1.82) is 0 Å². The molecule has 0 aliphatic rings.